The van der Waals surface area contributed by atoms with E-state index in [0.717, 1.165) is 28.8 Å². The van der Waals surface area contributed by atoms with E-state index in [1.54, 1.807) is 7.11 Å². The van der Waals surface area contributed by atoms with Gasteiger partial charge in [0.1, 0.15) is 5.75 Å². The van der Waals surface area contributed by atoms with Crippen molar-refractivity contribution in [2.45, 2.75) is 33.9 Å². The summed E-state index contributed by atoms with van der Waals surface area (Å²) < 4.78 is 7.74. The van der Waals surface area contributed by atoms with E-state index in [-0.39, 0.29) is 5.91 Å². The van der Waals surface area contributed by atoms with E-state index in [1.165, 1.54) is 33.5 Å². The summed E-state index contributed by atoms with van der Waals surface area (Å²) >= 11 is 0. The highest BCUT2D eigenvalue weighted by molar-refractivity contribution is 5.99. The zero-order valence-electron chi connectivity index (χ0n) is 21.8. The molecule has 0 radical (unpaired) electrons. The van der Waals surface area contributed by atoms with Crippen LogP contribution in [0.3, 0.4) is 0 Å². The number of ether oxygens (including phenoxy) is 1. The number of hydrogen-bond acceptors (Lipinski definition) is 2. The van der Waals surface area contributed by atoms with Gasteiger partial charge in [0, 0.05) is 40.8 Å². The van der Waals surface area contributed by atoms with Crippen molar-refractivity contribution in [2.75, 3.05) is 7.11 Å². The topological polar surface area (TPSA) is 43.3 Å². The molecule has 0 saturated heterocycles. The van der Waals surface area contributed by atoms with Crippen molar-refractivity contribution in [3.63, 3.8) is 0 Å². The number of aryl methyl sites for hydroxylation is 2. The highest BCUT2D eigenvalue weighted by Gasteiger charge is 2.15. The van der Waals surface area contributed by atoms with Crippen LogP contribution < -0.4 is 10.1 Å². The first-order chi connectivity index (χ1) is 18.0. The van der Waals surface area contributed by atoms with Gasteiger partial charge in [-0.2, -0.15) is 0 Å². The SMILES string of the molecule is COc1ccccc1CNC(=O)c1ccc2c(c1)c(C)c(C)n2Cc1ccc(-c2ccccc2C)cc1. The van der Waals surface area contributed by atoms with Gasteiger partial charge >= 0.3 is 0 Å². The molecule has 0 aliphatic carbocycles. The van der Waals surface area contributed by atoms with Crippen molar-refractivity contribution >= 4 is 16.8 Å². The lowest BCUT2D eigenvalue weighted by atomic mass is 9.99. The third kappa shape index (κ3) is 4.88. The smallest absolute Gasteiger partial charge is 0.251 e. The Balaban J connectivity index is 1.37. The second kappa shape index (κ2) is 10.4. The number of hydrogen-bond donors (Lipinski definition) is 1. The van der Waals surface area contributed by atoms with Gasteiger partial charge in [0.2, 0.25) is 0 Å². The summed E-state index contributed by atoms with van der Waals surface area (Å²) in [4.78, 5) is 13.0. The Morgan fingerprint density at radius 1 is 0.865 bits per heavy atom. The number of rotatable bonds is 7. The molecule has 1 amide bonds. The number of methoxy groups -OCH3 is 1. The lowest BCUT2D eigenvalue weighted by Crippen LogP contribution is -2.23. The van der Waals surface area contributed by atoms with Gasteiger partial charge in [-0.25, -0.2) is 0 Å². The summed E-state index contributed by atoms with van der Waals surface area (Å²) in [6, 6.07) is 31.0. The Bertz CT molecular complexity index is 1580. The quantitative estimate of drug-likeness (QED) is 0.263. The van der Waals surface area contributed by atoms with E-state index in [1.807, 2.05) is 36.4 Å². The van der Waals surface area contributed by atoms with Gasteiger partial charge in [0.15, 0.2) is 0 Å². The molecule has 5 aromatic rings. The number of carbonyl (C=O) groups is 1. The predicted octanol–water partition coefficient (Wildman–Crippen LogP) is 7.22. The molecule has 37 heavy (non-hydrogen) atoms. The second-order valence-electron chi connectivity index (χ2n) is 9.53. The molecule has 186 valence electrons. The number of fused-ring (bicyclic) bond motifs is 1. The Labute approximate surface area is 218 Å². The number of para-hydroxylation sites is 1. The minimum Gasteiger partial charge on any atom is -0.496 e. The van der Waals surface area contributed by atoms with Crippen LogP contribution in [-0.2, 0) is 13.1 Å². The zero-order chi connectivity index (χ0) is 25.9. The van der Waals surface area contributed by atoms with Crippen molar-refractivity contribution in [1.29, 1.82) is 0 Å². The molecular weight excluding hydrogens is 456 g/mol. The lowest BCUT2D eigenvalue weighted by molar-refractivity contribution is 0.0951. The summed E-state index contributed by atoms with van der Waals surface area (Å²) in [7, 11) is 1.64. The van der Waals surface area contributed by atoms with Crippen molar-refractivity contribution in [3.8, 4) is 16.9 Å². The summed E-state index contributed by atoms with van der Waals surface area (Å²) in [5, 5.41) is 4.14. The molecule has 1 aromatic heterocycles. The molecule has 4 aromatic carbocycles. The lowest BCUT2D eigenvalue weighted by Gasteiger charge is -2.11. The molecular formula is C33H32N2O2. The fourth-order valence-corrected chi connectivity index (χ4v) is 4.99. The van der Waals surface area contributed by atoms with E-state index in [4.69, 9.17) is 4.74 Å². The van der Waals surface area contributed by atoms with Gasteiger partial charge in [-0.3, -0.25) is 4.79 Å². The van der Waals surface area contributed by atoms with Crippen LogP contribution in [0, 0.1) is 20.8 Å². The first kappa shape index (κ1) is 24.4. The average Bonchev–Trinajstić information content (AvgIpc) is 3.17. The van der Waals surface area contributed by atoms with Gasteiger partial charge in [-0.15, -0.1) is 0 Å². The highest BCUT2D eigenvalue weighted by atomic mass is 16.5. The van der Waals surface area contributed by atoms with Gasteiger partial charge in [-0.05, 0) is 72.9 Å². The van der Waals surface area contributed by atoms with E-state index in [9.17, 15) is 4.79 Å². The first-order valence-corrected chi connectivity index (χ1v) is 12.6. The molecule has 1 N–H and O–H groups in total. The van der Waals surface area contributed by atoms with E-state index < -0.39 is 0 Å². The molecule has 0 bridgehead atoms. The van der Waals surface area contributed by atoms with Crippen LogP contribution in [0.15, 0.2) is 91.0 Å². The predicted molar refractivity (Wildman–Crippen MR) is 151 cm³/mol. The van der Waals surface area contributed by atoms with Crippen molar-refractivity contribution in [2.24, 2.45) is 0 Å². The maximum absolute atomic E-state index is 13.0. The Kier molecular flexibility index (Phi) is 6.82. The molecule has 5 rings (SSSR count). The monoisotopic (exact) mass is 488 g/mol. The van der Waals surface area contributed by atoms with Crippen LogP contribution in [0.4, 0.5) is 0 Å². The third-order valence-electron chi connectivity index (χ3n) is 7.28. The number of nitrogens with one attached hydrogen (secondary N) is 1. The molecule has 0 unspecified atom stereocenters. The molecule has 4 nitrogen and oxygen atoms in total. The van der Waals surface area contributed by atoms with Crippen LogP contribution >= 0.6 is 0 Å². The van der Waals surface area contributed by atoms with Gasteiger partial charge in [0.25, 0.3) is 5.91 Å². The van der Waals surface area contributed by atoms with Crippen LogP contribution in [0.25, 0.3) is 22.0 Å². The Morgan fingerprint density at radius 2 is 1.59 bits per heavy atom. The summed E-state index contributed by atoms with van der Waals surface area (Å²) in [6.07, 6.45) is 0. The number of amides is 1. The van der Waals surface area contributed by atoms with E-state index in [0.29, 0.717) is 12.1 Å². The van der Waals surface area contributed by atoms with Crippen LogP contribution in [0.1, 0.15) is 38.3 Å². The summed E-state index contributed by atoms with van der Waals surface area (Å²) in [6.45, 7) is 7.63. The number of carbonyl (C=O) groups excluding carboxylic acids is 1. The fourth-order valence-electron chi connectivity index (χ4n) is 4.99. The van der Waals surface area contributed by atoms with Crippen molar-refractivity contribution in [1.82, 2.24) is 9.88 Å². The number of nitrogens with zero attached hydrogens (tertiary/aromatic N) is 1. The van der Waals surface area contributed by atoms with Crippen LogP contribution in [0.5, 0.6) is 5.75 Å². The maximum Gasteiger partial charge on any atom is 0.251 e. The minimum atomic E-state index is -0.0931. The van der Waals surface area contributed by atoms with Gasteiger partial charge < -0.3 is 14.6 Å². The second-order valence-corrected chi connectivity index (χ2v) is 9.53. The molecule has 0 fully saturated rings. The summed E-state index contributed by atoms with van der Waals surface area (Å²) in [5.41, 5.74) is 10.2. The molecule has 0 spiro atoms. The number of benzene rings is 4. The molecule has 4 heteroatoms. The Morgan fingerprint density at radius 3 is 2.35 bits per heavy atom. The number of aromatic nitrogens is 1. The average molecular weight is 489 g/mol. The van der Waals surface area contributed by atoms with Gasteiger partial charge in [0.05, 0.1) is 7.11 Å². The Hall–Kier alpha value is -4.31. The van der Waals surface area contributed by atoms with E-state index >= 15 is 0 Å². The van der Waals surface area contributed by atoms with Crippen molar-refractivity contribution in [3.05, 3.63) is 125 Å². The largest absolute Gasteiger partial charge is 0.496 e. The van der Waals surface area contributed by atoms with Gasteiger partial charge in [-0.1, -0.05) is 66.7 Å². The fraction of sp³-hybridized carbons (Fsp3) is 0.182. The highest BCUT2D eigenvalue weighted by Crippen LogP contribution is 2.29. The third-order valence-corrected chi connectivity index (χ3v) is 7.28. The normalized spacial score (nSPS) is 11.0. The summed E-state index contributed by atoms with van der Waals surface area (Å²) in [5.74, 6) is 0.679. The molecule has 1 heterocycles. The minimum absolute atomic E-state index is 0.0931. The molecule has 0 aliphatic heterocycles. The van der Waals surface area contributed by atoms with Crippen LogP contribution in [0.2, 0.25) is 0 Å². The zero-order valence-corrected chi connectivity index (χ0v) is 21.8. The van der Waals surface area contributed by atoms with Crippen molar-refractivity contribution < 1.29 is 9.53 Å². The first-order valence-electron chi connectivity index (χ1n) is 12.6. The molecule has 0 aliphatic rings. The maximum atomic E-state index is 13.0. The van der Waals surface area contributed by atoms with Crippen LogP contribution in [-0.4, -0.2) is 17.6 Å². The molecule has 0 saturated carbocycles. The standard InChI is InChI=1S/C33H32N2O2/c1-22-9-5-7-11-29(22)26-15-13-25(14-16-26)21-35-24(3)23(2)30-19-27(17-18-31(30)35)33(36)34-20-28-10-6-8-12-32(28)37-4/h5-19H,20-21H2,1-4H3,(H,34,36). The van der Waals surface area contributed by atoms with E-state index in [2.05, 4.69) is 85.3 Å². The molecule has 0 atom stereocenters.